The topological polar surface area (TPSA) is 92.2 Å². The molecule has 0 unspecified atom stereocenters. The van der Waals surface area contributed by atoms with Crippen LogP contribution in [0.1, 0.15) is 62.7 Å². The highest BCUT2D eigenvalue weighted by Gasteiger charge is 2.44. The standard InChI is InChI=1S/C18H27N5O3/c24-17(19-14-10-15-13(14)2-1-9-26-15)22-7-5-12(6-8-22)23-18(25)20-16(21-23)11-3-4-11/h11-15H,1-10H2,(H,19,24)(H,20,21,25)/t13-,14-,15+/m1/s1. The molecule has 142 valence electrons. The fourth-order valence-electron chi connectivity index (χ4n) is 4.67. The second kappa shape index (κ2) is 6.40. The van der Waals surface area contributed by atoms with Crippen LogP contribution in [0.2, 0.25) is 0 Å². The summed E-state index contributed by atoms with van der Waals surface area (Å²) < 4.78 is 7.33. The van der Waals surface area contributed by atoms with Crippen LogP contribution >= 0.6 is 0 Å². The first-order valence-corrected chi connectivity index (χ1v) is 10.0. The second-order valence-electron chi connectivity index (χ2n) is 8.26. The number of fused-ring (bicyclic) bond motifs is 1. The summed E-state index contributed by atoms with van der Waals surface area (Å²) in [5.74, 6) is 1.78. The molecule has 8 heteroatoms. The number of nitrogens with zero attached hydrogens (tertiary/aromatic N) is 3. The molecule has 0 aromatic carbocycles. The van der Waals surface area contributed by atoms with E-state index in [0.717, 1.165) is 57.4 Å². The smallest absolute Gasteiger partial charge is 0.343 e. The van der Waals surface area contributed by atoms with E-state index in [2.05, 4.69) is 15.4 Å². The summed E-state index contributed by atoms with van der Waals surface area (Å²) in [7, 11) is 0. The summed E-state index contributed by atoms with van der Waals surface area (Å²) >= 11 is 0. The van der Waals surface area contributed by atoms with E-state index in [1.807, 2.05) is 4.90 Å². The van der Waals surface area contributed by atoms with Crippen molar-refractivity contribution in [1.82, 2.24) is 25.0 Å². The van der Waals surface area contributed by atoms with Crippen molar-refractivity contribution in [3.63, 3.8) is 0 Å². The molecular formula is C18H27N5O3. The van der Waals surface area contributed by atoms with Crippen LogP contribution in [0.25, 0.3) is 0 Å². The molecule has 2 saturated carbocycles. The van der Waals surface area contributed by atoms with Gasteiger partial charge in [-0.2, -0.15) is 5.10 Å². The van der Waals surface area contributed by atoms with E-state index in [0.29, 0.717) is 31.0 Å². The normalized spacial score (nSPS) is 32.0. The molecule has 1 aromatic rings. The Morgan fingerprint density at radius 3 is 2.73 bits per heavy atom. The molecule has 0 radical (unpaired) electrons. The van der Waals surface area contributed by atoms with E-state index in [1.54, 1.807) is 4.68 Å². The van der Waals surface area contributed by atoms with Crippen LogP contribution in [0.3, 0.4) is 0 Å². The molecule has 4 fully saturated rings. The molecule has 2 aliphatic carbocycles. The number of hydrogen-bond acceptors (Lipinski definition) is 4. The molecule has 2 amide bonds. The van der Waals surface area contributed by atoms with Crippen molar-refractivity contribution in [1.29, 1.82) is 0 Å². The van der Waals surface area contributed by atoms with Crippen molar-refractivity contribution in [2.75, 3.05) is 19.7 Å². The molecule has 26 heavy (non-hydrogen) atoms. The van der Waals surface area contributed by atoms with Crippen LogP contribution in [0.4, 0.5) is 4.79 Å². The molecule has 0 spiro atoms. The Labute approximate surface area is 152 Å². The molecule has 2 N–H and O–H groups in total. The summed E-state index contributed by atoms with van der Waals surface area (Å²) in [4.78, 5) is 29.5. The zero-order valence-electron chi connectivity index (χ0n) is 15.0. The van der Waals surface area contributed by atoms with E-state index in [4.69, 9.17) is 4.74 Å². The van der Waals surface area contributed by atoms with Gasteiger partial charge in [0.1, 0.15) is 5.82 Å². The lowest BCUT2D eigenvalue weighted by Gasteiger charge is -2.48. The van der Waals surface area contributed by atoms with Crippen molar-refractivity contribution >= 4 is 6.03 Å². The molecule has 2 aliphatic heterocycles. The third kappa shape index (κ3) is 2.94. The minimum absolute atomic E-state index is 0.0329. The third-order valence-electron chi connectivity index (χ3n) is 6.52. The number of amides is 2. The van der Waals surface area contributed by atoms with Gasteiger partial charge in [0.25, 0.3) is 0 Å². The molecule has 3 heterocycles. The number of nitrogens with one attached hydrogen (secondary N) is 2. The highest BCUT2D eigenvalue weighted by atomic mass is 16.5. The molecular weight excluding hydrogens is 334 g/mol. The molecule has 8 nitrogen and oxygen atoms in total. The van der Waals surface area contributed by atoms with Gasteiger partial charge in [0.15, 0.2) is 0 Å². The van der Waals surface area contributed by atoms with Gasteiger partial charge in [-0.3, -0.25) is 4.98 Å². The first-order chi connectivity index (χ1) is 12.7. The zero-order valence-corrected chi connectivity index (χ0v) is 15.0. The number of likely N-dealkylation sites (tertiary alicyclic amines) is 1. The quantitative estimate of drug-likeness (QED) is 0.850. The Bertz CT molecular complexity index is 731. The number of urea groups is 1. The summed E-state index contributed by atoms with van der Waals surface area (Å²) in [6, 6.07) is 0.390. The number of carbonyl (C=O) groups excluding carboxylic acids is 1. The minimum Gasteiger partial charge on any atom is -0.378 e. The van der Waals surface area contributed by atoms with Crippen LogP contribution in [0.15, 0.2) is 4.79 Å². The molecule has 3 atom stereocenters. The van der Waals surface area contributed by atoms with Gasteiger partial charge in [0, 0.05) is 37.6 Å². The van der Waals surface area contributed by atoms with E-state index in [1.165, 1.54) is 0 Å². The van der Waals surface area contributed by atoms with Gasteiger partial charge in [-0.05, 0) is 44.9 Å². The van der Waals surface area contributed by atoms with Crippen LogP contribution in [-0.4, -0.2) is 57.5 Å². The summed E-state index contributed by atoms with van der Waals surface area (Å²) in [5, 5.41) is 7.69. The molecule has 0 bridgehead atoms. The van der Waals surface area contributed by atoms with Crippen molar-refractivity contribution in [2.24, 2.45) is 5.92 Å². The van der Waals surface area contributed by atoms with Gasteiger partial charge < -0.3 is 15.0 Å². The summed E-state index contributed by atoms with van der Waals surface area (Å²) in [6.07, 6.45) is 7.36. The van der Waals surface area contributed by atoms with Gasteiger partial charge in [-0.25, -0.2) is 14.3 Å². The Morgan fingerprint density at radius 2 is 2.00 bits per heavy atom. The average molecular weight is 361 g/mol. The highest BCUT2D eigenvalue weighted by molar-refractivity contribution is 5.74. The van der Waals surface area contributed by atoms with Gasteiger partial charge in [-0.1, -0.05) is 0 Å². The largest absolute Gasteiger partial charge is 0.378 e. The van der Waals surface area contributed by atoms with E-state index in [9.17, 15) is 9.59 Å². The first kappa shape index (κ1) is 16.4. The summed E-state index contributed by atoms with van der Waals surface area (Å²) in [5.41, 5.74) is -0.104. The van der Waals surface area contributed by atoms with Crippen LogP contribution < -0.4 is 11.0 Å². The number of hydrogen-bond donors (Lipinski definition) is 2. The number of H-pyrrole nitrogens is 1. The number of aromatic nitrogens is 3. The van der Waals surface area contributed by atoms with Crippen molar-refractivity contribution in [3.05, 3.63) is 16.3 Å². The van der Waals surface area contributed by atoms with Gasteiger partial charge >= 0.3 is 11.7 Å². The molecule has 2 saturated heterocycles. The number of rotatable bonds is 3. The maximum absolute atomic E-state index is 12.6. The Hall–Kier alpha value is -1.83. The van der Waals surface area contributed by atoms with Crippen molar-refractivity contribution in [2.45, 2.75) is 69.1 Å². The van der Waals surface area contributed by atoms with Gasteiger partial charge in [0.05, 0.1) is 12.1 Å². The lowest BCUT2D eigenvalue weighted by atomic mass is 9.72. The lowest BCUT2D eigenvalue weighted by Crippen LogP contribution is -2.60. The van der Waals surface area contributed by atoms with Gasteiger partial charge in [-0.15, -0.1) is 0 Å². The van der Waals surface area contributed by atoms with Gasteiger partial charge in [0.2, 0.25) is 0 Å². The molecule has 1 aromatic heterocycles. The SMILES string of the molecule is O=C(N[C@@H]1C[C@@H]2OCCC[C@@H]21)N1CCC(n2nc(C3CC3)[nH]c2=O)CC1. The number of ether oxygens (including phenoxy) is 1. The Balaban J connectivity index is 1.14. The van der Waals surface area contributed by atoms with Crippen molar-refractivity contribution in [3.8, 4) is 0 Å². The van der Waals surface area contributed by atoms with E-state index >= 15 is 0 Å². The summed E-state index contributed by atoms with van der Waals surface area (Å²) in [6.45, 7) is 2.21. The number of aromatic amines is 1. The lowest BCUT2D eigenvalue weighted by molar-refractivity contribution is -0.101. The fourth-order valence-corrected chi connectivity index (χ4v) is 4.67. The van der Waals surface area contributed by atoms with E-state index < -0.39 is 0 Å². The predicted molar refractivity (Wildman–Crippen MR) is 94.1 cm³/mol. The highest BCUT2D eigenvalue weighted by Crippen LogP contribution is 2.38. The maximum atomic E-state index is 12.6. The Kier molecular flexibility index (Phi) is 4.03. The van der Waals surface area contributed by atoms with Crippen LogP contribution in [0, 0.1) is 5.92 Å². The Morgan fingerprint density at radius 1 is 1.19 bits per heavy atom. The molecule has 5 rings (SSSR count). The fraction of sp³-hybridized carbons (Fsp3) is 0.833. The number of piperidine rings is 1. The monoisotopic (exact) mass is 361 g/mol. The van der Waals surface area contributed by atoms with Crippen molar-refractivity contribution < 1.29 is 9.53 Å². The van der Waals surface area contributed by atoms with Crippen LogP contribution in [0.5, 0.6) is 0 Å². The zero-order chi connectivity index (χ0) is 17.7. The third-order valence-corrected chi connectivity index (χ3v) is 6.52. The van der Waals surface area contributed by atoms with Crippen LogP contribution in [-0.2, 0) is 4.74 Å². The second-order valence-corrected chi connectivity index (χ2v) is 8.26. The minimum atomic E-state index is -0.104. The maximum Gasteiger partial charge on any atom is 0.343 e. The average Bonchev–Trinajstić information content (AvgIpc) is 3.42. The first-order valence-electron chi connectivity index (χ1n) is 10.0. The predicted octanol–water partition coefficient (Wildman–Crippen LogP) is 1.36. The number of carbonyl (C=O) groups is 1. The molecule has 4 aliphatic rings. The van der Waals surface area contributed by atoms with E-state index in [-0.39, 0.29) is 23.8 Å².